The highest BCUT2D eigenvalue weighted by Crippen LogP contribution is 2.38. The standard InChI is InChI=1S/C11H18N2/c1-5-7(3)9-10(12)11(9)13-8(4)6-2/h5,9-11H,1,3,6,12H2,2,4H3/b13-8+. The fourth-order valence-electron chi connectivity index (χ4n) is 1.43. The van der Waals surface area contributed by atoms with Crippen molar-refractivity contribution in [3.05, 3.63) is 24.8 Å². The lowest BCUT2D eigenvalue weighted by Gasteiger charge is -1.95. The van der Waals surface area contributed by atoms with Crippen LogP contribution in [0.3, 0.4) is 0 Å². The first-order chi connectivity index (χ1) is 6.11. The van der Waals surface area contributed by atoms with Gasteiger partial charge >= 0.3 is 0 Å². The van der Waals surface area contributed by atoms with Gasteiger partial charge in [0.1, 0.15) is 0 Å². The van der Waals surface area contributed by atoms with Crippen molar-refractivity contribution in [1.29, 1.82) is 0 Å². The number of nitrogens with two attached hydrogens (primary N) is 1. The Hall–Kier alpha value is -0.890. The summed E-state index contributed by atoms with van der Waals surface area (Å²) in [6.07, 6.45) is 2.78. The molecule has 0 aromatic carbocycles. The summed E-state index contributed by atoms with van der Waals surface area (Å²) in [5, 5.41) is 0. The summed E-state index contributed by atoms with van der Waals surface area (Å²) in [6.45, 7) is 11.7. The molecule has 0 amide bonds. The fourth-order valence-corrected chi connectivity index (χ4v) is 1.43. The molecule has 2 N–H and O–H groups in total. The van der Waals surface area contributed by atoms with Crippen LogP contribution in [0, 0.1) is 5.92 Å². The van der Waals surface area contributed by atoms with Crippen LogP contribution in [0.15, 0.2) is 29.8 Å². The summed E-state index contributed by atoms with van der Waals surface area (Å²) in [6, 6.07) is 0.414. The molecule has 0 heterocycles. The first-order valence-electron chi connectivity index (χ1n) is 4.71. The van der Waals surface area contributed by atoms with Crippen molar-refractivity contribution in [2.24, 2.45) is 16.6 Å². The third kappa shape index (κ3) is 2.07. The molecule has 0 aromatic rings. The van der Waals surface area contributed by atoms with Gasteiger partial charge in [-0.1, -0.05) is 26.2 Å². The smallest absolute Gasteiger partial charge is 0.0740 e. The Morgan fingerprint density at radius 2 is 2.23 bits per heavy atom. The molecule has 13 heavy (non-hydrogen) atoms. The molecule has 72 valence electrons. The monoisotopic (exact) mass is 178 g/mol. The summed E-state index contributed by atoms with van der Waals surface area (Å²) >= 11 is 0. The van der Waals surface area contributed by atoms with Crippen molar-refractivity contribution >= 4 is 5.71 Å². The Morgan fingerprint density at radius 3 is 2.69 bits per heavy atom. The molecule has 0 aromatic heterocycles. The molecule has 0 bridgehead atoms. The van der Waals surface area contributed by atoms with E-state index in [-0.39, 0.29) is 12.1 Å². The number of aliphatic imine (C=N–C) groups is 1. The topological polar surface area (TPSA) is 38.4 Å². The third-order valence-electron chi connectivity index (χ3n) is 2.61. The fraction of sp³-hybridized carbons (Fsp3) is 0.545. The Bertz CT molecular complexity index is 253. The lowest BCUT2D eigenvalue weighted by molar-refractivity contribution is 0.936. The zero-order valence-corrected chi connectivity index (χ0v) is 8.46. The molecule has 3 atom stereocenters. The maximum atomic E-state index is 5.87. The molecule has 1 aliphatic carbocycles. The van der Waals surface area contributed by atoms with Crippen LogP contribution in [0.4, 0.5) is 0 Å². The van der Waals surface area contributed by atoms with Crippen molar-refractivity contribution < 1.29 is 0 Å². The van der Waals surface area contributed by atoms with E-state index in [0.29, 0.717) is 5.92 Å². The Morgan fingerprint density at radius 1 is 1.62 bits per heavy atom. The summed E-state index contributed by atoms with van der Waals surface area (Å²) in [5.74, 6) is 0.332. The van der Waals surface area contributed by atoms with E-state index >= 15 is 0 Å². The van der Waals surface area contributed by atoms with Gasteiger partial charge in [-0.05, 0) is 18.9 Å². The zero-order chi connectivity index (χ0) is 10.0. The molecule has 0 spiro atoms. The number of hydrogen-bond donors (Lipinski definition) is 1. The van der Waals surface area contributed by atoms with Gasteiger partial charge in [-0.2, -0.15) is 0 Å². The van der Waals surface area contributed by atoms with Gasteiger partial charge in [-0.25, -0.2) is 0 Å². The van der Waals surface area contributed by atoms with Crippen molar-refractivity contribution in [2.75, 3.05) is 0 Å². The van der Waals surface area contributed by atoms with Crippen LogP contribution in [0.5, 0.6) is 0 Å². The minimum absolute atomic E-state index is 0.159. The predicted molar refractivity (Wildman–Crippen MR) is 58.0 cm³/mol. The molecule has 3 unspecified atom stereocenters. The first-order valence-corrected chi connectivity index (χ1v) is 4.71. The lowest BCUT2D eigenvalue weighted by Crippen LogP contribution is -2.05. The minimum Gasteiger partial charge on any atom is -0.325 e. The zero-order valence-electron chi connectivity index (χ0n) is 8.46. The van der Waals surface area contributed by atoms with Crippen LogP contribution in [-0.2, 0) is 0 Å². The van der Waals surface area contributed by atoms with Gasteiger partial charge in [-0.15, -0.1) is 0 Å². The molecule has 0 radical (unpaired) electrons. The van der Waals surface area contributed by atoms with Crippen LogP contribution in [0.25, 0.3) is 0 Å². The average Bonchev–Trinajstić information content (AvgIpc) is 2.75. The first kappa shape index (κ1) is 10.2. The van der Waals surface area contributed by atoms with E-state index in [1.807, 2.05) is 6.92 Å². The largest absolute Gasteiger partial charge is 0.325 e. The van der Waals surface area contributed by atoms with Gasteiger partial charge in [0, 0.05) is 17.7 Å². The summed E-state index contributed by atoms with van der Waals surface area (Å²) in [7, 11) is 0. The van der Waals surface area contributed by atoms with Crippen LogP contribution < -0.4 is 5.73 Å². The van der Waals surface area contributed by atoms with Crippen LogP contribution >= 0.6 is 0 Å². The molecule has 0 aliphatic heterocycles. The van der Waals surface area contributed by atoms with E-state index in [1.54, 1.807) is 6.08 Å². The van der Waals surface area contributed by atoms with E-state index in [9.17, 15) is 0 Å². The Balaban J connectivity index is 2.58. The highest BCUT2D eigenvalue weighted by Gasteiger charge is 2.48. The third-order valence-corrected chi connectivity index (χ3v) is 2.61. The van der Waals surface area contributed by atoms with Crippen molar-refractivity contribution in [3.63, 3.8) is 0 Å². The van der Waals surface area contributed by atoms with Crippen LogP contribution in [0.2, 0.25) is 0 Å². The van der Waals surface area contributed by atoms with Crippen LogP contribution in [-0.4, -0.2) is 17.8 Å². The minimum atomic E-state index is 0.159. The molecule has 0 saturated heterocycles. The number of nitrogens with zero attached hydrogens (tertiary/aromatic N) is 1. The van der Waals surface area contributed by atoms with E-state index in [4.69, 9.17) is 5.73 Å². The van der Waals surface area contributed by atoms with Gasteiger partial charge in [0.15, 0.2) is 0 Å². The molecule has 1 saturated carbocycles. The van der Waals surface area contributed by atoms with E-state index in [1.165, 1.54) is 5.71 Å². The molecular formula is C11H18N2. The number of rotatable bonds is 4. The van der Waals surface area contributed by atoms with E-state index < -0.39 is 0 Å². The second-order valence-corrected chi connectivity index (χ2v) is 3.59. The molecule has 1 aliphatic rings. The second-order valence-electron chi connectivity index (χ2n) is 3.59. The highest BCUT2D eigenvalue weighted by molar-refractivity contribution is 5.82. The molecular weight excluding hydrogens is 160 g/mol. The molecule has 1 rings (SSSR count). The quantitative estimate of drug-likeness (QED) is 0.518. The van der Waals surface area contributed by atoms with E-state index in [2.05, 4.69) is 25.1 Å². The van der Waals surface area contributed by atoms with Gasteiger partial charge in [0.25, 0.3) is 0 Å². The number of hydrogen-bond acceptors (Lipinski definition) is 2. The van der Waals surface area contributed by atoms with Gasteiger partial charge < -0.3 is 5.73 Å². The van der Waals surface area contributed by atoms with Gasteiger partial charge in [0.05, 0.1) is 6.04 Å². The summed E-state index contributed by atoms with van der Waals surface area (Å²) in [4.78, 5) is 4.52. The Labute approximate surface area is 80.2 Å². The molecule has 1 fully saturated rings. The Kier molecular flexibility index (Phi) is 3.04. The normalized spacial score (nSPS) is 32.8. The maximum absolute atomic E-state index is 5.87. The summed E-state index contributed by atoms with van der Waals surface area (Å²) < 4.78 is 0. The summed E-state index contributed by atoms with van der Waals surface area (Å²) in [5.41, 5.74) is 8.06. The van der Waals surface area contributed by atoms with Crippen molar-refractivity contribution in [1.82, 2.24) is 0 Å². The van der Waals surface area contributed by atoms with Crippen LogP contribution in [0.1, 0.15) is 20.3 Å². The van der Waals surface area contributed by atoms with Gasteiger partial charge in [0.2, 0.25) is 0 Å². The van der Waals surface area contributed by atoms with Crippen molar-refractivity contribution in [2.45, 2.75) is 32.4 Å². The molecule has 2 heteroatoms. The lowest BCUT2D eigenvalue weighted by atomic mass is 10.2. The SMILES string of the molecule is C=CC(=C)C1C(N)C1/N=C(\C)CC. The van der Waals surface area contributed by atoms with E-state index in [0.717, 1.165) is 12.0 Å². The predicted octanol–water partition coefficient (Wildman–Crippen LogP) is 1.93. The van der Waals surface area contributed by atoms with Gasteiger partial charge in [-0.3, -0.25) is 4.99 Å². The molecule has 2 nitrogen and oxygen atoms in total. The maximum Gasteiger partial charge on any atom is 0.0740 e. The highest BCUT2D eigenvalue weighted by atomic mass is 15.0. The second kappa shape index (κ2) is 3.88. The van der Waals surface area contributed by atoms with Crippen molar-refractivity contribution in [3.8, 4) is 0 Å². The number of allylic oxidation sites excluding steroid dienone is 1. The average molecular weight is 178 g/mol.